The molecule has 4 heterocycles. The smallest absolute Gasteiger partial charge is 0.253 e. The van der Waals surface area contributed by atoms with Gasteiger partial charge in [-0.05, 0) is 44.0 Å². The SMILES string of the molecule is CC[C@@H](CO)N1C(=O)[C@@H]2[C@H]3C(=O)N(c4ccccc4)CC=C[C@@]3(C)O[C@@]23C=CCN(c2c(C)cccc2Cl)C(=O)C13. The number of anilines is 2. The molecule has 2 fully saturated rings. The largest absolute Gasteiger partial charge is 0.394 e. The lowest BCUT2D eigenvalue weighted by Crippen LogP contribution is -2.59. The normalized spacial score (nSPS) is 31.6. The number of amides is 3. The molecular weight excluding hydrogens is 542 g/mol. The van der Waals surface area contributed by atoms with Gasteiger partial charge in [0.2, 0.25) is 11.8 Å². The number of carbonyl (C=O) groups is 3. The molecule has 0 saturated carbocycles. The van der Waals surface area contributed by atoms with E-state index in [1.165, 1.54) is 4.90 Å². The van der Waals surface area contributed by atoms with Crippen LogP contribution in [0.1, 0.15) is 25.8 Å². The second-order valence-corrected chi connectivity index (χ2v) is 11.8. The number of hydrogen-bond donors (Lipinski definition) is 1. The number of aliphatic hydroxyl groups excluding tert-OH is 1. The summed E-state index contributed by atoms with van der Waals surface area (Å²) in [5.41, 5.74) is -0.441. The van der Waals surface area contributed by atoms with E-state index in [0.717, 1.165) is 11.3 Å². The molecule has 0 bridgehead atoms. The molecule has 8 nitrogen and oxygen atoms in total. The second-order valence-electron chi connectivity index (χ2n) is 11.4. The van der Waals surface area contributed by atoms with Gasteiger partial charge in [0.1, 0.15) is 11.6 Å². The number of aliphatic hydroxyl groups is 1. The summed E-state index contributed by atoms with van der Waals surface area (Å²) in [4.78, 5) is 48.4. The molecule has 1 N–H and O–H groups in total. The van der Waals surface area contributed by atoms with Crippen LogP contribution in [0.5, 0.6) is 0 Å². The lowest BCUT2D eigenvalue weighted by molar-refractivity contribution is -0.148. The highest BCUT2D eigenvalue weighted by Gasteiger charge is 2.75. The quantitative estimate of drug-likeness (QED) is 0.546. The van der Waals surface area contributed by atoms with Crippen molar-refractivity contribution in [3.8, 4) is 0 Å². The van der Waals surface area contributed by atoms with Crippen molar-refractivity contribution in [3.63, 3.8) is 0 Å². The van der Waals surface area contributed by atoms with E-state index < -0.39 is 35.1 Å². The van der Waals surface area contributed by atoms with Gasteiger partial charge in [0.05, 0.1) is 40.8 Å². The van der Waals surface area contributed by atoms with Crippen LogP contribution in [0.4, 0.5) is 11.4 Å². The number of halogens is 1. The van der Waals surface area contributed by atoms with E-state index in [-0.39, 0.29) is 30.9 Å². The number of likely N-dealkylation sites (tertiary alicyclic amines) is 1. The van der Waals surface area contributed by atoms with E-state index in [0.29, 0.717) is 23.7 Å². The Labute approximate surface area is 244 Å². The van der Waals surface area contributed by atoms with Gasteiger partial charge in [-0.2, -0.15) is 0 Å². The minimum absolute atomic E-state index is 0.219. The van der Waals surface area contributed by atoms with Crippen molar-refractivity contribution in [1.29, 1.82) is 0 Å². The van der Waals surface area contributed by atoms with Crippen LogP contribution in [0.15, 0.2) is 72.8 Å². The third-order valence-corrected chi connectivity index (χ3v) is 9.40. The van der Waals surface area contributed by atoms with Crippen molar-refractivity contribution in [2.24, 2.45) is 11.8 Å². The first-order valence-corrected chi connectivity index (χ1v) is 14.5. The molecule has 6 rings (SSSR count). The molecule has 41 heavy (non-hydrogen) atoms. The Morgan fingerprint density at radius 3 is 2.34 bits per heavy atom. The highest BCUT2D eigenvalue weighted by molar-refractivity contribution is 6.34. The van der Waals surface area contributed by atoms with E-state index in [9.17, 15) is 19.5 Å². The molecule has 2 saturated heterocycles. The van der Waals surface area contributed by atoms with Gasteiger partial charge < -0.3 is 24.5 Å². The van der Waals surface area contributed by atoms with Gasteiger partial charge in [0, 0.05) is 18.8 Å². The summed E-state index contributed by atoms with van der Waals surface area (Å²) in [7, 11) is 0. The Morgan fingerprint density at radius 2 is 1.66 bits per heavy atom. The second kappa shape index (κ2) is 10.1. The van der Waals surface area contributed by atoms with Gasteiger partial charge in [-0.1, -0.05) is 73.2 Å². The number of nitrogens with zero attached hydrogens (tertiary/aromatic N) is 3. The number of hydrogen-bond acceptors (Lipinski definition) is 5. The van der Waals surface area contributed by atoms with Crippen LogP contribution < -0.4 is 9.80 Å². The predicted molar refractivity (Wildman–Crippen MR) is 157 cm³/mol. The third kappa shape index (κ3) is 3.99. The van der Waals surface area contributed by atoms with Gasteiger partial charge in [0.15, 0.2) is 0 Å². The molecule has 4 aliphatic heterocycles. The van der Waals surface area contributed by atoms with Crippen LogP contribution in [0, 0.1) is 18.8 Å². The Morgan fingerprint density at radius 1 is 0.951 bits per heavy atom. The molecule has 1 spiro atoms. The maximum atomic E-state index is 14.7. The number of para-hydroxylation sites is 2. The van der Waals surface area contributed by atoms with Crippen molar-refractivity contribution in [2.45, 2.75) is 50.5 Å². The maximum Gasteiger partial charge on any atom is 0.253 e. The molecule has 214 valence electrons. The number of rotatable bonds is 5. The van der Waals surface area contributed by atoms with Crippen LogP contribution in [-0.4, -0.2) is 70.7 Å². The minimum atomic E-state index is -1.42. The zero-order valence-corrected chi connectivity index (χ0v) is 24.1. The Balaban J connectivity index is 1.52. The van der Waals surface area contributed by atoms with E-state index in [1.807, 2.05) is 87.5 Å². The summed E-state index contributed by atoms with van der Waals surface area (Å²) >= 11 is 6.62. The summed E-state index contributed by atoms with van der Waals surface area (Å²) in [6.07, 6.45) is 7.83. The summed E-state index contributed by atoms with van der Waals surface area (Å²) in [6, 6.07) is 13.1. The molecule has 2 aromatic carbocycles. The van der Waals surface area contributed by atoms with Crippen LogP contribution in [0.3, 0.4) is 0 Å². The van der Waals surface area contributed by atoms with Crippen LogP contribution in [0.2, 0.25) is 5.02 Å². The average molecular weight is 576 g/mol. The van der Waals surface area contributed by atoms with Gasteiger partial charge in [-0.3, -0.25) is 14.4 Å². The fraction of sp³-hybridized carbons (Fsp3) is 0.406. The zero-order chi connectivity index (χ0) is 29.1. The van der Waals surface area contributed by atoms with Crippen LogP contribution >= 0.6 is 11.6 Å². The van der Waals surface area contributed by atoms with E-state index in [4.69, 9.17) is 16.3 Å². The first kappa shape index (κ1) is 27.7. The molecule has 4 aliphatic rings. The van der Waals surface area contributed by atoms with Crippen molar-refractivity contribution in [2.75, 3.05) is 29.5 Å². The molecule has 0 radical (unpaired) electrons. The standard InChI is InChI=1S/C32H34ClN3O5/c1-4-21(19-37)36-27-30(40)35(26-20(2)11-8-14-23(26)33)18-10-16-32(27)25(29(36)39)24-28(38)34(22-12-6-5-7-13-22)17-9-15-31(24,3)41-32/h5-16,21,24-25,27,37H,4,17-19H2,1-3H3/t21-,24-,25-,27?,31+,32-/m0/s1. The van der Waals surface area contributed by atoms with Crippen molar-refractivity contribution in [3.05, 3.63) is 83.4 Å². The average Bonchev–Trinajstić information content (AvgIpc) is 3.23. The summed E-state index contributed by atoms with van der Waals surface area (Å²) in [5, 5.41) is 10.8. The molecule has 3 amide bonds. The lowest BCUT2D eigenvalue weighted by Gasteiger charge is -2.40. The fourth-order valence-electron chi connectivity index (χ4n) is 7.27. The topological polar surface area (TPSA) is 90.4 Å². The first-order valence-electron chi connectivity index (χ1n) is 14.1. The van der Waals surface area contributed by atoms with E-state index in [2.05, 4.69) is 0 Å². The molecule has 9 heteroatoms. The van der Waals surface area contributed by atoms with Gasteiger partial charge in [-0.25, -0.2) is 0 Å². The summed E-state index contributed by atoms with van der Waals surface area (Å²) in [6.45, 7) is 5.80. The lowest BCUT2D eigenvalue weighted by atomic mass is 9.74. The molecule has 2 aromatic rings. The summed E-state index contributed by atoms with van der Waals surface area (Å²) < 4.78 is 6.89. The Bertz CT molecular complexity index is 1440. The molecule has 1 unspecified atom stereocenters. The number of aryl methyl sites for hydroxylation is 1. The Hall–Kier alpha value is -3.46. The number of carbonyl (C=O) groups excluding carboxylic acids is 3. The highest BCUT2D eigenvalue weighted by atomic mass is 35.5. The first-order chi connectivity index (χ1) is 19.7. The number of benzene rings is 2. The highest BCUT2D eigenvalue weighted by Crippen LogP contribution is 2.58. The number of ether oxygens (including phenoxy) is 1. The molecule has 0 aromatic heterocycles. The Kier molecular flexibility index (Phi) is 6.83. The van der Waals surface area contributed by atoms with E-state index in [1.54, 1.807) is 15.9 Å². The third-order valence-electron chi connectivity index (χ3n) is 9.10. The van der Waals surface area contributed by atoms with Crippen LogP contribution in [0.25, 0.3) is 0 Å². The summed E-state index contributed by atoms with van der Waals surface area (Å²) in [5.74, 6) is -2.81. The molecule has 0 aliphatic carbocycles. The maximum absolute atomic E-state index is 14.7. The van der Waals surface area contributed by atoms with Gasteiger partial charge in [0.25, 0.3) is 5.91 Å². The molecule has 6 atom stereocenters. The monoisotopic (exact) mass is 575 g/mol. The van der Waals surface area contributed by atoms with Crippen LogP contribution in [-0.2, 0) is 19.1 Å². The van der Waals surface area contributed by atoms with Gasteiger partial charge >= 0.3 is 0 Å². The fourth-order valence-corrected chi connectivity index (χ4v) is 7.60. The van der Waals surface area contributed by atoms with E-state index >= 15 is 0 Å². The van der Waals surface area contributed by atoms with Crippen molar-refractivity contribution < 1.29 is 24.2 Å². The predicted octanol–water partition coefficient (Wildman–Crippen LogP) is 3.90. The van der Waals surface area contributed by atoms with Gasteiger partial charge in [-0.15, -0.1) is 0 Å². The number of fused-ring (bicyclic) bond motifs is 2. The van der Waals surface area contributed by atoms with Crippen molar-refractivity contribution >= 4 is 40.7 Å². The molecular formula is C32H34ClN3O5. The zero-order valence-electron chi connectivity index (χ0n) is 23.4. The van der Waals surface area contributed by atoms with Crippen molar-refractivity contribution in [1.82, 2.24) is 4.90 Å². The minimum Gasteiger partial charge on any atom is -0.394 e.